The SMILES string of the molecule is CCNc1cccc(C(=O)NCc2c(=O)[nH]n3c(C)cc(C)nc23)c1C.CN(C)C1CCCCC1. The van der Waals surface area contributed by atoms with Gasteiger partial charge in [-0.05, 0) is 78.4 Å². The summed E-state index contributed by atoms with van der Waals surface area (Å²) < 4.78 is 1.65. The first kappa shape index (κ1) is 26.5. The molecule has 8 heteroatoms. The summed E-state index contributed by atoms with van der Waals surface area (Å²) >= 11 is 0. The molecule has 0 saturated heterocycles. The summed E-state index contributed by atoms with van der Waals surface area (Å²) in [4.78, 5) is 31.7. The van der Waals surface area contributed by atoms with Crippen LogP contribution in [0.5, 0.6) is 0 Å². The smallest absolute Gasteiger partial charge is 0.271 e. The monoisotopic (exact) mass is 480 g/mol. The van der Waals surface area contributed by atoms with Crippen LogP contribution in [0.2, 0.25) is 0 Å². The molecule has 1 fully saturated rings. The Bertz CT molecular complexity index is 1200. The summed E-state index contributed by atoms with van der Waals surface area (Å²) in [6.45, 7) is 8.58. The highest BCUT2D eigenvalue weighted by atomic mass is 16.2. The molecule has 0 radical (unpaired) electrons. The number of aromatic amines is 1. The average molecular weight is 481 g/mol. The molecule has 1 saturated carbocycles. The number of nitrogens with zero attached hydrogens (tertiary/aromatic N) is 3. The van der Waals surface area contributed by atoms with Crippen LogP contribution in [0.25, 0.3) is 5.65 Å². The Hall–Kier alpha value is -3.13. The largest absolute Gasteiger partial charge is 0.385 e. The maximum Gasteiger partial charge on any atom is 0.271 e. The number of rotatable bonds is 6. The van der Waals surface area contributed by atoms with Crippen molar-refractivity contribution in [2.45, 2.75) is 72.4 Å². The van der Waals surface area contributed by atoms with Crippen molar-refractivity contribution in [3.63, 3.8) is 0 Å². The van der Waals surface area contributed by atoms with E-state index in [1.54, 1.807) is 10.6 Å². The van der Waals surface area contributed by atoms with Gasteiger partial charge in [-0.3, -0.25) is 14.7 Å². The van der Waals surface area contributed by atoms with Gasteiger partial charge in [-0.25, -0.2) is 9.50 Å². The summed E-state index contributed by atoms with van der Waals surface area (Å²) in [6, 6.07) is 8.34. The molecule has 0 aliphatic heterocycles. The number of H-pyrrole nitrogens is 1. The average Bonchev–Trinajstić information content (AvgIpc) is 3.15. The minimum atomic E-state index is -0.246. The minimum absolute atomic E-state index is 0.117. The highest BCUT2D eigenvalue weighted by Crippen LogP contribution is 2.20. The minimum Gasteiger partial charge on any atom is -0.385 e. The number of benzene rings is 1. The molecule has 0 atom stereocenters. The van der Waals surface area contributed by atoms with Crippen LogP contribution >= 0.6 is 0 Å². The fourth-order valence-corrected chi connectivity index (χ4v) is 4.68. The van der Waals surface area contributed by atoms with Gasteiger partial charge in [0.15, 0.2) is 5.65 Å². The highest BCUT2D eigenvalue weighted by Gasteiger charge is 2.16. The third-order valence-corrected chi connectivity index (χ3v) is 6.70. The van der Waals surface area contributed by atoms with Gasteiger partial charge in [0.2, 0.25) is 0 Å². The first-order valence-electron chi connectivity index (χ1n) is 12.6. The number of anilines is 1. The summed E-state index contributed by atoms with van der Waals surface area (Å²) in [5.41, 5.74) is 4.86. The molecule has 35 heavy (non-hydrogen) atoms. The molecule has 1 aliphatic rings. The molecule has 2 aromatic heterocycles. The molecule has 3 aromatic rings. The van der Waals surface area contributed by atoms with Gasteiger partial charge < -0.3 is 15.5 Å². The van der Waals surface area contributed by atoms with Crippen molar-refractivity contribution in [1.82, 2.24) is 24.8 Å². The van der Waals surface area contributed by atoms with Gasteiger partial charge in [-0.1, -0.05) is 25.3 Å². The molecule has 2 heterocycles. The number of carbonyl (C=O) groups excluding carboxylic acids is 1. The zero-order valence-corrected chi connectivity index (χ0v) is 22.0. The second kappa shape index (κ2) is 12.0. The van der Waals surface area contributed by atoms with Gasteiger partial charge in [0.25, 0.3) is 11.5 Å². The summed E-state index contributed by atoms with van der Waals surface area (Å²) in [6.07, 6.45) is 7.20. The molecular formula is C27H40N6O2. The number of aromatic nitrogens is 3. The number of hydrogen-bond acceptors (Lipinski definition) is 5. The quantitative estimate of drug-likeness (QED) is 0.492. The van der Waals surface area contributed by atoms with Crippen LogP contribution in [-0.4, -0.2) is 52.1 Å². The standard InChI is InChI=1S/C19H23N5O2.C8H17N/c1-5-20-16-8-6-7-14(13(16)4)18(25)21-10-15-17-22-11(2)9-12(3)24(17)23-19(15)26;1-9(2)8-6-4-3-5-7-8/h6-9,20H,5,10H2,1-4H3,(H,21,25)(H,23,26);8H,3-7H2,1-2H3. The molecule has 0 unspecified atom stereocenters. The third kappa shape index (κ3) is 6.51. The van der Waals surface area contributed by atoms with E-state index in [0.717, 1.165) is 35.2 Å². The third-order valence-electron chi connectivity index (χ3n) is 6.70. The topological polar surface area (TPSA) is 94.5 Å². The van der Waals surface area contributed by atoms with E-state index in [2.05, 4.69) is 39.7 Å². The van der Waals surface area contributed by atoms with Crippen LogP contribution in [0.15, 0.2) is 29.1 Å². The molecule has 3 N–H and O–H groups in total. The van der Waals surface area contributed by atoms with Gasteiger partial charge in [-0.2, -0.15) is 0 Å². The van der Waals surface area contributed by atoms with E-state index in [1.165, 1.54) is 32.1 Å². The van der Waals surface area contributed by atoms with Crippen LogP contribution in [-0.2, 0) is 6.54 Å². The van der Waals surface area contributed by atoms with E-state index in [1.807, 2.05) is 45.9 Å². The molecule has 190 valence electrons. The van der Waals surface area contributed by atoms with Crippen molar-refractivity contribution in [1.29, 1.82) is 0 Å². The Labute approximate surface area is 208 Å². The van der Waals surface area contributed by atoms with Crippen LogP contribution in [0, 0.1) is 20.8 Å². The fraction of sp³-hybridized carbons (Fsp3) is 0.519. The lowest BCUT2D eigenvalue weighted by Crippen LogP contribution is -2.29. The zero-order chi connectivity index (χ0) is 25.5. The Kier molecular flexibility index (Phi) is 9.09. The number of amides is 1. The van der Waals surface area contributed by atoms with Crippen molar-refractivity contribution in [3.8, 4) is 0 Å². The van der Waals surface area contributed by atoms with E-state index in [4.69, 9.17) is 0 Å². The van der Waals surface area contributed by atoms with Gasteiger partial charge in [0, 0.05) is 35.2 Å². The summed E-state index contributed by atoms with van der Waals surface area (Å²) in [7, 11) is 4.38. The molecule has 1 aliphatic carbocycles. The molecule has 1 amide bonds. The van der Waals surface area contributed by atoms with Gasteiger partial charge >= 0.3 is 0 Å². The molecule has 1 aromatic carbocycles. The molecule has 4 rings (SSSR count). The van der Waals surface area contributed by atoms with Crippen molar-refractivity contribution in [2.75, 3.05) is 26.0 Å². The Morgan fingerprint density at radius 2 is 1.89 bits per heavy atom. The number of nitrogens with one attached hydrogen (secondary N) is 3. The Morgan fingerprint density at radius 3 is 2.51 bits per heavy atom. The van der Waals surface area contributed by atoms with Crippen molar-refractivity contribution in [2.24, 2.45) is 0 Å². The van der Waals surface area contributed by atoms with E-state index in [9.17, 15) is 9.59 Å². The predicted molar refractivity (Wildman–Crippen MR) is 142 cm³/mol. The number of carbonyl (C=O) groups is 1. The van der Waals surface area contributed by atoms with Crippen molar-refractivity contribution >= 4 is 17.2 Å². The second-order valence-corrected chi connectivity index (χ2v) is 9.56. The first-order valence-corrected chi connectivity index (χ1v) is 12.6. The van der Waals surface area contributed by atoms with Gasteiger partial charge in [0.05, 0.1) is 12.1 Å². The number of fused-ring (bicyclic) bond motifs is 1. The van der Waals surface area contributed by atoms with Gasteiger partial charge in [0.1, 0.15) is 0 Å². The maximum absolute atomic E-state index is 12.6. The van der Waals surface area contributed by atoms with Crippen LogP contribution in [0.4, 0.5) is 5.69 Å². The lowest BCUT2D eigenvalue weighted by atomic mass is 9.95. The zero-order valence-electron chi connectivity index (χ0n) is 22.0. The van der Waals surface area contributed by atoms with E-state index in [0.29, 0.717) is 16.8 Å². The van der Waals surface area contributed by atoms with Crippen LogP contribution in [0.1, 0.15) is 71.9 Å². The van der Waals surface area contributed by atoms with Crippen LogP contribution in [0.3, 0.4) is 0 Å². The predicted octanol–water partition coefficient (Wildman–Crippen LogP) is 4.19. The number of hydrogen-bond donors (Lipinski definition) is 3. The normalized spacial score (nSPS) is 14.0. The van der Waals surface area contributed by atoms with E-state index in [-0.39, 0.29) is 18.0 Å². The van der Waals surface area contributed by atoms with E-state index < -0.39 is 0 Å². The Morgan fingerprint density at radius 1 is 1.17 bits per heavy atom. The lowest BCUT2D eigenvalue weighted by molar-refractivity contribution is 0.0950. The second-order valence-electron chi connectivity index (χ2n) is 9.56. The van der Waals surface area contributed by atoms with Crippen molar-refractivity contribution in [3.05, 3.63) is 62.7 Å². The molecule has 0 spiro atoms. The van der Waals surface area contributed by atoms with Gasteiger partial charge in [-0.15, -0.1) is 0 Å². The van der Waals surface area contributed by atoms with Crippen molar-refractivity contribution < 1.29 is 4.79 Å². The lowest BCUT2D eigenvalue weighted by Gasteiger charge is -2.27. The molecule has 8 nitrogen and oxygen atoms in total. The maximum atomic E-state index is 12.6. The first-order chi connectivity index (χ1) is 16.7. The fourth-order valence-electron chi connectivity index (χ4n) is 4.68. The number of aryl methyl sites for hydroxylation is 2. The summed E-state index contributed by atoms with van der Waals surface area (Å²) in [5.74, 6) is -0.217. The molecule has 0 bridgehead atoms. The van der Waals surface area contributed by atoms with Crippen LogP contribution < -0.4 is 16.2 Å². The Balaban J connectivity index is 0.000000320. The highest BCUT2D eigenvalue weighted by molar-refractivity contribution is 5.97. The molecular weight excluding hydrogens is 440 g/mol. The van der Waals surface area contributed by atoms with E-state index >= 15 is 0 Å². The summed E-state index contributed by atoms with van der Waals surface area (Å²) in [5, 5.41) is 8.84.